The van der Waals surface area contributed by atoms with E-state index in [0.29, 0.717) is 5.69 Å². The first-order valence-electron chi connectivity index (χ1n) is 6.38. The monoisotopic (exact) mass is 282 g/mol. The van der Waals surface area contributed by atoms with E-state index in [2.05, 4.69) is 32.4 Å². The molecular formula is C14H22N2O2S. The first-order valence-corrected chi connectivity index (χ1v) is 7.87. The molecule has 0 bridgehead atoms. The largest absolute Gasteiger partial charge is 0.398 e. The van der Waals surface area contributed by atoms with Crippen molar-refractivity contribution in [3.8, 4) is 0 Å². The molecule has 0 amide bonds. The lowest BCUT2D eigenvalue weighted by atomic mass is 10.0. The topological polar surface area (TPSA) is 72.2 Å². The first kappa shape index (κ1) is 14.3. The van der Waals surface area contributed by atoms with Gasteiger partial charge in [-0.2, -0.15) is 0 Å². The highest BCUT2D eigenvalue weighted by Crippen LogP contribution is 2.63. The zero-order chi connectivity index (χ0) is 14.6. The van der Waals surface area contributed by atoms with Crippen LogP contribution in [0.25, 0.3) is 0 Å². The van der Waals surface area contributed by atoms with Crippen LogP contribution in [0.5, 0.6) is 0 Å². The van der Waals surface area contributed by atoms with E-state index in [1.165, 1.54) is 0 Å². The van der Waals surface area contributed by atoms with Crippen LogP contribution in [0.1, 0.15) is 33.3 Å². The molecule has 1 aromatic rings. The number of benzene rings is 1. The normalized spacial score (nSPS) is 21.3. The lowest BCUT2D eigenvalue weighted by Gasteiger charge is -2.11. The molecule has 0 radical (unpaired) electrons. The molecule has 0 unspecified atom stereocenters. The average molecular weight is 282 g/mol. The highest BCUT2D eigenvalue weighted by molar-refractivity contribution is 7.89. The Morgan fingerprint density at radius 1 is 1.16 bits per heavy atom. The van der Waals surface area contributed by atoms with E-state index in [9.17, 15) is 8.42 Å². The van der Waals surface area contributed by atoms with E-state index in [4.69, 9.17) is 5.73 Å². The molecule has 0 heterocycles. The van der Waals surface area contributed by atoms with Crippen LogP contribution < -0.4 is 10.5 Å². The fraction of sp³-hybridized carbons (Fsp3) is 0.571. The molecule has 0 aliphatic heterocycles. The molecule has 106 valence electrons. The van der Waals surface area contributed by atoms with Gasteiger partial charge in [0, 0.05) is 6.04 Å². The lowest BCUT2D eigenvalue weighted by Crippen LogP contribution is -2.30. The van der Waals surface area contributed by atoms with Gasteiger partial charge in [0.25, 0.3) is 0 Å². The van der Waals surface area contributed by atoms with Crippen LogP contribution in [0.15, 0.2) is 23.1 Å². The molecule has 1 aliphatic rings. The highest BCUT2D eigenvalue weighted by atomic mass is 32.2. The van der Waals surface area contributed by atoms with Crippen molar-refractivity contribution < 1.29 is 8.42 Å². The molecule has 1 aliphatic carbocycles. The van der Waals surface area contributed by atoms with Gasteiger partial charge in [-0.15, -0.1) is 0 Å². The van der Waals surface area contributed by atoms with Crippen LogP contribution in [-0.4, -0.2) is 14.5 Å². The van der Waals surface area contributed by atoms with E-state index in [0.717, 1.165) is 5.56 Å². The Morgan fingerprint density at radius 2 is 1.68 bits per heavy atom. The molecule has 2 rings (SSSR count). The number of rotatable bonds is 3. The molecule has 1 saturated carbocycles. The summed E-state index contributed by atoms with van der Waals surface area (Å²) in [6.45, 7) is 10.2. The molecular weight excluding hydrogens is 260 g/mol. The summed E-state index contributed by atoms with van der Waals surface area (Å²) in [6.07, 6.45) is 0. The van der Waals surface area contributed by atoms with Crippen LogP contribution in [0.3, 0.4) is 0 Å². The molecule has 0 saturated heterocycles. The zero-order valence-corrected chi connectivity index (χ0v) is 12.9. The Morgan fingerprint density at radius 3 is 2.11 bits per heavy atom. The van der Waals surface area contributed by atoms with E-state index in [1.807, 2.05) is 6.92 Å². The molecule has 19 heavy (non-hydrogen) atoms. The predicted molar refractivity (Wildman–Crippen MR) is 77.3 cm³/mol. The number of hydrogen-bond donors (Lipinski definition) is 2. The minimum atomic E-state index is -3.56. The van der Waals surface area contributed by atoms with Gasteiger partial charge in [-0.3, -0.25) is 0 Å². The lowest BCUT2D eigenvalue weighted by molar-refractivity contribution is 0.457. The highest BCUT2D eigenvalue weighted by Gasteiger charge is 2.66. The molecule has 0 aromatic heterocycles. The van der Waals surface area contributed by atoms with Crippen molar-refractivity contribution in [2.45, 2.75) is 45.6 Å². The Labute approximate surface area is 115 Å². The van der Waals surface area contributed by atoms with Gasteiger partial charge in [0.15, 0.2) is 0 Å². The molecule has 0 atom stereocenters. The van der Waals surface area contributed by atoms with Crippen molar-refractivity contribution in [1.29, 1.82) is 0 Å². The number of hydrogen-bond acceptors (Lipinski definition) is 3. The molecule has 4 nitrogen and oxygen atoms in total. The minimum absolute atomic E-state index is 0.0421. The van der Waals surface area contributed by atoms with Crippen LogP contribution in [0.2, 0.25) is 0 Å². The smallest absolute Gasteiger partial charge is 0.242 e. The minimum Gasteiger partial charge on any atom is -0.398 e. The van der Waals surface area contributed by atoms with Crippen molar-refractivity contribution in [3.05, 3.63) is 23.8 Å². The number of nitrogens with one attached hydrogen (secondary N) is 1. The average Bonchev–Trinajstić information content (AvgIpc) is 2.59. The van der Waals surface area contributed by atoms with Gasteiger partial charge in [0.1, 0.15) is 4.90 Å². The molecule has 0 spiro atoms. The van der Waals surface area contributed by atoms with Gasteiger partial charge >= 0.3 is 0 Å². The Balaban J connectivity index is 2.30. The van der Waals surface area contributed by atoms with Gasteiger partial charge in [-0.1, -0.05) is 33.8 Å². The Bertz CT molecular complexity index is 604. The van der Waals surface area contributed by atoms with Crippen molar-refractivity contribution in [1.82, 2.24) is 4.72 Å². The summed E-state index contributed by atoms with van der Waals surface area (Å²) in [6, 6.07) is 4.94. The third-order valence-corrected chi connectivity index (χ3v) is 6.25. The van der Waals surface area contributed by atoms with E-state index in [-0.39, 0.29) is 21.8 Å². The van der Waals surface area contributed by atoms with Gasteiger partial charge in [-0.25, -0.2) is 13.1 Å². The number of anilines is 1. The summed E-state index contributed by atoms with van der Waals surface area (Å²) in [5, 5.41) is 0. The third-order valence-electron chi connectivity index (χ3n) is 4.75. The summed E-state index contributed by atoms with van der Waals surface area (Å²) < 4.78 is 27.6. The molecule has 1 aromatic carbocycles. The van der Waals surface area contributed by atoms with Crippen molar-refractivity contribution in [3.63, 3.8) is 0 Å². The number of nitrogens with two attached hydrogens (primary N) is 1. The van der Waals surface area contributed by atoms with Gasteiger partial charge in [0.2, 0.25) is 10.0 Å². The fourth-order valence-electron chi connectivity index (χ4n) is 2.62. The van der Waals surface area contributed by atoms with Gasteiger partial charge in [-0.05, 0) is 35.4 Å². The second-order valence-electron chi connectivity index (χ2n) is 6.54. The second-order valence-corrected chi connectivity index (χ2v) is 8.22. The van der Waals surface area contributed by atoms with E-state index in [1.54, 1.807) is 18.2 Å². The summed E-state index contributed by atoms with van der Waals surface area (Å²) >= 11 is 0. The van der Waals surface area contributed by atoms with Crippen LogP contribution >= 0.6 is 0 Å². The first-order chi connectivity index (χ1) is 8.50. The number of nitrogen functional groups attached to an aromatic ring is 1. The maximum atomic E-state index is 12.4. The van der Waals surface area contributed by atoms with Crippen molar-refractivity contribution in [2.24, 2.45) is 10.8 Å². The van der Waals surface area contributed by atoms with Crippen molar-refractivity contribution in [2.75, 3.05) is 5.73 Å². The van der Waals surface area contributed by atoms with Crippen LogP contribution in [0.4, 0.5) is 5.69 Å². The van der Waals surface area contributed by atoms with E-state index >= 15 is 0 Å². The Kier molecular flexibility index (Phi) is 2.99. The predicted octanol–water partition coefficient (Wildman–Crippen LogP) is 2.29. The summed E-state index contributed by atoms with van der Waals surface area (Å²) in [7, 11) is -3.56. The number of sulfonamides is 1. The van der Waals surface area contributed by atoms with Gasteiger partial charge in [0.05, 0.1) is 5.69 Å². The summed E-state index contributed by atoms with van der Waals surface area (Å²) in [4.78, 5) is 0.164. The maximum absolute atomic E-state index is 12.4. The molecule has 3 N–H and O–H groups in total. The quantitative estimate of drug-likeness (QED) is 0.835. The summed E-state index contributed by atoms with van der Waals surface area (Å²) in [5.41, 5.74) is 6.98. The standard InChI is InChI=1S/C14H22N2O2S/c1-9-6-7-11(10(15)8-9)19(17,18)16-12-13(2,3)14(12,4)5/h6-8,12,16H,15H2,1-5H3. The molecule has 5 heteroatoms. The van der Waals surface area contributed by atoms with Crippen LogP contribution in [0, 0.1) is 17.8 Å². The zero-order valence-electron chi connectivity index (χ0n) is 12.1. The van der Waals surface area contributed by atoms with Crippen molar-refractivity contribution >= 4 is 15.7 Å². The van der Waals surface area contributed by atoms with Crippen LogP contribution in [-0.2, 0) is 10.0 Å². The number of aryl methyl sites for hydroxylation is 1. The summed E-state index contributed by atoms with van der Waals surface area (Å²) in [5.74, 6) is 0. The third kappa shape index (κ3) is 2.15. The Hall–Kier alpha value is -1.07. The van der Waals surface area contributed by atoms with E-state index < -0.39 is 10.0 Å². The SMILES string of the molecule is Cc1ccc(S(=O)(=O)NC2C(C)(C)C2(C)C)c(N)c1. The molecule has 1 fully saturated rings. The second kappa shape index (κ2) is 3.96. The maximum Gasteiger partial charge on any atom is 0.242 e. The fourth-order valence-corrected chi connectivity index (χ4v) is 4.27. The van der Waals surface area contributed by atoms with Gasteiger partial charge < -0.3 is 5.73 Å².